The summed E-state index contributed by atoms with van der Waals surface area (Å²) in [4.78, 5) is 10.0. The maximum Gasteiger partial charge on any atom is 0.417 e. The fourth-order valence-electron chi connectivity index (χ4n) is 4.08. The molecule has 0 bridgehead atoms. The van der Waals surface area contributed by atoms with Crippen molar-refractivity contribution in [3.8, 4) is 0 Å². The summed E-state index contributed by atoms with van der Waals surface area (Å²) in [7, 11) is -2.50. The molecule has 2 aromatic carbocycles. The van der Waals surface area contributed by atoms with E-state index >= 15 is 0 Å². The van der Waals surface area contributed by atoms with Crippen molar-refractivity contribution in [3.63, 3.8) is 0 Å². The van der Waals surface area contributed by atoms with Gasteiger partial charge in [0.15, 0.2) is 5.82 Å². The van der Waals surface area contributed by atoms with E-state index in [4.69, 9.17) is 16.4 Å². The molecule has 2 atom stereocenters. The quantitative estimate of drug-likeness (QED) is 0.378. The molecule has 1 aliphatic rings. The summed E-state index contributed by atoms with van der Waals surface area (Å²) in [6, 6.07) is 19.6. The highest BCUT2D eigenvalue weighted by molar-refractivity contribution is 7.88. The normalized spacial score (nSPS) is 18.6. The number of hydroxylamine groups is 1. The Bertz CT molecular complexity index is 1250. The van der Waals surface area contributed by atoms with Gasteiger partial charge in [0.2, 0.25) is 10.0 Å². The van der Waals surface area contributed by atoms with Crippen molar-refractivity contribution < 1.29 is 26.4 Å². The van der Waals surface area contributed by atoms with Gasteiger partial charge in [-0.25, -0.2) is 18.5 Å². The van der Waals surface area contributed by atoms with Gasteiger partial charge in [-0.3, -0.25) is 9.85 Å². The molecule has 3 aromatic rings. The smallest absolute Gasteiger partial charge is 0.278 e. The minimum absolute atomic E-state index is 0.110. The van der Waals surface area contributed by atoms with Gasteiger partial charge in [0.25, 0.3) is 0 Å². The molecule has 0 saturated carbocycles. The Morgan fingerprint density at radius 2 is 1.72 bits per heavy atom. The molecule has 12 heteroatoms. The molecule has 0 unspecified atom stereocenters. The second-order valence-corrected chi connectivity index (χ2v) is 10.7. The van der Waals surface area contributed by atoms with Gasteiger partial charge in [-0.2, -0.15) is 13.2 Å². The van der Waals surface area contributed by atoms with Gasteiger partial charge in [0.05, 0.1) is 35.1 Å². The molecule has 1 aromatic heterocycles. The molecule has 1 aliphatic heterocycles. The van der Waals surface area contributed by atoms with E-state index in [9.17, 15) is 21.6 Å². The van der Waals surface area contributed by atoms with Crippen LogP contribution in [0.15, 0.2) is 72.9 Å². The van der Waals surface area contributed by atoms with Crippen LogP contribution >= 0.6 is 11.6 Å². The third kappa shape index (κ3) is 5.75. The molecular formula is C24H24ClF3N4O3S. The summed E-state index contributed by atoms with van der Waals surface area (Å²) >= 11 is 6.08. The molecule has 7 nitrogen and oxygen atoms in total. The summed E-state index contributed by atoms with van der Waals surface area (Å²) in [6.45, 7) is -0.110. The average Bonchev–Trinajstić information content (AvgIpc) is 3.26. The van der Waals surface area contributed by atoms with Crippen LogP contribution in [0, 0.1) is 0 Å². The van der Waals surface area contributed by atoms with Gasteiger partial charge in [-0.05, 0) is 23.8 Å². The van der Waals surface area contributed by atoms with E-state index in [1.54, 1.807) is 5.06 Å². The molecule has 0 aliphatic carbocycles. The Morgan fingerprint density at radius 3 is 2.28 bits per heavy atom. The van der Waals surface area contributed by atoms with Crippen LogP contribution in [0.4, 0.5) is 24.7 Å². The average molecular weight is 541 g/mol. The number of anilines is 2. The molecule has 0 radical (unpaired) electrons. The van der Waals surface area contributed by atoms with Crippen molar-refractivity contribution in [2.75, 3.05) is 29.9 Å². The van der Waals surface area contributed by atoms with E-state index in [2.05, 4.69) is 4.98 Å². The lowest BCUT2D eigenvalue weighted by atomic mass is 10.0. The zero-order valence-corrected chi connectivity index (χ0v) is 21.0. The zero-order valence-electron chi connectivity index (χ0n) is 19.4. The maximum absolute atomic E-state index is 13.0. The van der Waals surface area contributed by atoms with Gasteiger partial charge in [-0.1, -0.05) is 60.1 Å². The first-order valence-corrected chi connectivity index (χ1v) is 13.2. The Hall–Kier alpha value is -2.86. The van der Waals surface area contributed by atoms with Crippen molar-refractivity contribution in [2.45, 2.75) is 24.7 Å². The van der Waals surface area contributed by atoms with Gasteiger partial charge in [-0.15, -0.1) is 4.41 Å². The lowest BCUT2D eigenvalue weighted by molar-refractivity contribution is -0.137. The number of hydrogen-bond acceptors (Lipinski definition) is 6. The van der Waals surface area contributed by atoms with E-state index in [1.165, 1.54) is 7.05 Å². The molecule has 0 N–H and O–H groups in total. The van der Waals surface area contributed by atoms with Crippen molar-refractivity contribution in [3.05, 3.63) is 89.1 Å². The predicted octanol–water partition coefficient (Wildman–Crippen LogP) is 5.32. The molecule has 0 amide bonds. The van der Waals surface area contributed by atoms with Crippen molar-refractivity contribution in [1.82, 2.24) is 9.40 Å². The third-order valence-electron chi connectivity index (χ3n) is 5.76. The van der Waals surface area contributed by atoms with E-state index in [0.717, 1.165) is 33.0 Å². The summed E-state index contributed by atoms with van der Waals surface area (Å²) < 4.78 is 65.6. The minimum atomic E-state index is -4.63. The fourth-order valence-corrected chi connectivity index (χ4v) is 5.32. The van der Waals surface area contributed by atoms with Gasteiger partial charge in [0.1, 0.15) is 6.10 Å². The number of pyridine rings is 1. The third-order valence-corrected chi connectivity index (χ3v) is 7.20. The standard InChI is InChI=1S/C24H24ClF3N4O3S/c1-30(23-21(25)13-18(15-29-23)24(26,27)28)31(36(2,33)34)16-20-14-22(17-9-5-3-6-10-17)32(35-20)19-11-7-4-8-12-19/h3-13,15,20,22H,14,16H2,1-2H3/t20-,22+/m1/s1. The molecule has 0 spiro atoms. The highest BCUT2D eigenvalue weighted by Crippen LogP contribution is 2.39. The van der Waals surface area contributed by atoms with Gasteiger partial charge >= 0.3 is 6.18 Å². The second kappa shape index (κ2) is 10.3. The van der Waals surface area contributed by atoms with Crippen LogP contribution in [-0.4, -0.2) is 43.8 Å². The fraction of sp³-hybridized carbons (Fsp3) is 0.292. The molecule has 36 heavy (non-hydrogen) atoms. The Labute approximate surface area is 212 Å². The summed E-state index contributed by atoms with van der Waals surface area (Å²) in [5, 5.41) is 2.55. The Kier molecular flexibility index (Phi) is 7.46. The van der Waals surface area contributed by atoms with Crippen molar-refractivity contribution in [2.24, 2.45) is 0 Å². The number of hydrazine groups is 1. The summed E-state index contributed by atoms with van der Waals surface area (Å²) in [5.41, 5.74) is 0.773. The number of halogens is 4. The molecule has 4 rings (SSSR count). The van der Waals surface area contributed by atoms with Gasteiger partial charge in [0, 0.05) is 19.7 Å². The SMILES string of the molecule is CN(c1ncc(C(F)(F)F)cc1Cl)N(C[C@H]1C[C@@H](c2ccccc2)N(c2ccccc2)O1)S(C)(=O)=O. The first-order valence-electron chi connectivity index (χ1n) is 10.9. The van der Waals surface area contributed by atoms with Crippen LogP contribution in [-0.2, 0) is 21.0 Å². The number of sulfonamides is 1. The van der Waals surface area contributed by atoms with Crippen molar-refractivity contribution >= 4 is 33.1 Å². The van der Waals surface area contributed by atoms with E-state index in [1.807, 2.05) is 60.7 Å². The summed E-state index contributed by atoms with van der Waals surface area (Å²) in [6.07, 6.45) is -3.12. The number of nitrogens with zero attached hydrogens (tertiary/aromatic N) is 4. The molecular weight excluding hydrogens is 517 g/mol. The summed E-state index contributed by atoms with van der Waals surface area (Å²) in [5.74, 6) is -0.132. The van der Waals surface area contributed by atoms with Crippen molar-refractivity contribution in [1.29, 1.82) is 0 Å². The number of rotatable bonds is 7. The van der Waals surface area contributed by atoms with E-state index in [-0.39, 0.29) is 23.4 Å². The zero-order chi connectivity index (χ0) is 26.1. The topological polar surface area (TPSA) is 66.0 Å². The lowest BCUT2D eigenvalue weighted by Gasteiger charge is -2.32. The number of para-hydroxylation sites is 1. The number of aromatic nitrogens is 1. The minimum Gasteiger partial charge on any atom is -0.278 e. The Morgan fingerprint density at radius 1 is 1.11 bits per heavy atom. The highest BCUT2D eigenvalue weighted by atomic mass is 35.5. The van der Waals surface area contributed by atoms with E-state index in [0.29, 0.717) is 12.6 Å². The number of alkyl halides is 3. The number of benzene rings is 2. The first kappa shape index (κ1) is 26.2. The largest absolute Gasteiger partial charge is 0.417 e. The van der Waals surface area contributed by atoms with Crippen LogP contribution in [0.2, 0.25) is 5.02 Å². The van der Waals surface area contributed by atoms with Crippen LogP contribution in [0.5, 0.6) is 0 Å². The first-order chi connectivity index (χ1) is 16.9. The van der Waals surface area contributed by atoms with Crippen LogP contribution in [0.1, 0.15) is 23.6 Å². The number of hydrogen-bond donors (Lipinski definition) is 0. The maximum atomic E-state index is 13.0. The molecule has 2 heterocycles. The highest BCUT2D eigenvalue weighted by Gasteiger charge is 2.39. The van der Waals surface area contributed by atoms with Crippen LogP contribution < -0.4 is 10.1 Å². The second-order valence-electron chi connectivity index (χ2n) is 8.37. The lowest BCUT2D eigenvalue weighted by Crippen LogP contribution is -2.48. The molecule has 1 saturated heterocycles. The van der Waals surface area contributed by atoms with Gasteiger partial charge < -0.3 is 0 Å². The molecule has 192 valence electrons. The van der Waals surface area contributed by atoms with E-state index < -0.39 is 27.9 Å². The predicted molar refractivity (Wildman–Crippen MR) is 132 cm³/mol. The van der Waals surface area contributed by atoms with Crippen LogP contribution in [0.25, 0.3) is 0 Å². The molecule has 1 fully saturated rings. The monoisotopic (exact) mass is 540 g/mol. The Balaban J connectivity index is 1.62. The van der Waals surface area contributed by atoms with Crippen LogP contribution in [0.3, 0.4) is 0 Å².